The van der Waals surface area contributed by atoms with Gasteiger partial charge in [-0.25, -0.2) is 4.79 Å². The third kappa shape index (κ3) is 7.13. The molecule has 4 N–H and O–H groups in total. The number of carbonyl (C=O) groups excluding carboxylic acids is 2. The topological polar surface area (TPSA) is 142 Å². The second kappa shape index (κ2) is 12.8. The van der Waals surface area contributed by atoms with Crippen molar-refractivity contribution in [1.82, 2.24) is 15.1 Å². The lowest BCUT2D eigenvalue weighted by Crippen LogP contribution is -2.49. The SMILES string of the molecule is CCC1=CC(c2ccc([N+](=O)[O-])cc2)C=C(C)N1C(=O)NCC(CN1CCC(O)(c2ccc(Cl)cc2)CC1)C(N)=O. The summed E-state index contributed by atoms with van der Waals surface area (Å²) in [4.78, 5) is 39.8. The Kier molecular flexibility index (Phi) is 9.47. The van der Waals surface area contributed by atoms with E-state index < -0.39 is 22.3 Å². The summed E-state index contributed by atoms with van der Waals surface area (Å²) in [5.74, 6) is -1.23. The number of nitrogens with one attached hydrogen (secondary N) is 1. The fourth-order valence-electron chi connectivity index (χ4n) is 5.48. The average molecular weight is 582 g/mol. The molecule has 1 fully saturated rings. The first-order valence-corrected chi connectivity index (χ1v) is 14.1. The molecule has 2 atom stereocenters. The smallest absolute Gasteiger partial charge is 0.325 e. The molecule has 3 amide bonds. The predicted octanol–water partition coefficient (Wildman–Crippen LogP) is 4.64. The minimum atomic E-state index is -0.954. The molecule has 4 rings (SSSR count). The zero-order valence-electron chi connectivity index (χ0n) is 23.3. The van der Waals surface area contributed by atoms with Gasteiger partial charge >= 0.3 is 6.03 Å². The number of hydrogen-bond donors (Lipinski definition) is 3. The zero-order valence-corrected chi connectivity index (χ0v) is 24.0. The normalized spacial score (nSPS) is 19.6. The van der Waals surface area contributed by atoms with E-state index in [1.807, 2.05) is 38.1 Å². The number of piperidine rings is 1. The Balaban J connectivity index is 1.35. The van der Waals surface area contributed by atoms with Crippen molar-refractivity contribution in [1.29, 1.82) is 0 Å². The Hall–Kier alpha value is -3.73. The molecule has 0 aromatic heterocycles. The fraction of sp³-hybridized carbons (Fsp3) is 0.400. The van der Waals surface area contributed by atoms with Crippen molar-refractivity contribution in [3.05, 3.63) is 98.3 Å². The Morgan fingerprint density at radius 1 is 1.15 bits per heavy atom. The number of hydrogen-bond acceptors (Lipinski definition) is 6. The van der Waals surface area contributed by atoms with Crippen molar-refractivity contribution in [3.63, 3.8) is 0 Å². The molecule has 41 heavy (non-hydrogen) atoms. The maximum Gasteiger partial charge on any atom is 0.325 e. The lowest BCUT2D eigenvalue weighted by atomic mass is 9.84. The molecule has 0 spiro atoms. The van der Waals surface area contributed by atoms with Crippen molar-refractivity contribution < 1.29 is 19.6 Å². The number of non-ortho nitro benzene ring substituents is 1. The zero-order chi connectivity index (χ0) is 29.7. The Bertz CT molecular complexity index is 1330. The van der Waals surface area contributed by atoms with E-state index >= 15 is 0 Å². The molecule has 1 saturated heterocycles. The largest absolute Gasteiger partial charge is 0.385 e. The third-order valence-corrected chi connectivity index (χ3v) is 8.18. The van der Waals surface area contributed by atoms with Crippen molar-refractivity contribution in [3.8, 4) is 0 Å². The molecule has 0 aliphatic carbocycles. The maximum absolute atomic E-state index is 13.3. The minimum absolute atomic E-state index is 0.0248. The maximum atomic E-state index is 13.3. The molecule has 11 heteroatoms. The summed E-state index contributed by atoms with van der Waals surface area (Å²) in [5.41, 5.74) is 8.00. The van der Waals surface area contributed by atoms with Gasteiger partial charge in [0.15, 0.2) is 0 Å². The second-order valence-corrected chi connectivity index (χ2v) is 11.1. The number of nitrogens with zero attached hydrogens (tertiary/aromatic N) is 3. The van der Waals surface area contributed by atoms with Crippen molar-refractivity contribution in [2.75, 3.05) is 26.2 Å². The molecule has 2 aliphatic rings. The molecule has 2 heterocycles. The van der Waals surface area contributed by atoms with Gasteiger partial charge in [0, 0.05) is 60.6 Å². The van der Waals surface area contributed by atoms with Gasteiger partial charge in [0.05, 0.1) is 16.4 Å². The number of halogens is 1. The number of nitro benzene ring substituents is 1. The van der Waals surface area contributed by atoms with Crippen molar-refractivity contribution >= 4 is 29.2 Å². The number of allylic oxidation sites excluding steroid dienone is 4. The van der Waals surface area contributed by atoms with Crippen LogP contribution in [0.2, 0.25) is 5.02 Å². The van der Waals surface area contributed by atoms with E-state index in [1.165, 1.54) is 12.1 Å². The number of nitro groups is 1. The van der Waals surface area contributed by atoms with Gasteiger partial charge in [-0.15, -0.1) is 0 Å². The highest BCUT2D eigenvalue weighted by Crippen LogP contribution is 2.34. The molecule has 2 aromatic rings. The standard InChI is InChI=1S/C30H36ClN5O5/c1-3-26-17-22(21-4-10-27(11-5-21)36(40)41)16-20(2)35(26)29(38)33-18-23(28(32)37)19-34-14-12-30(39,13-15-34)24-6-8-25(31)9-7-24/h4-11,16-17,22-23,39H,3,12-15,18-19H2,1-2H3,(H2,32,37)(H,33,38). The van der Waals surface area contributed by atoms with Crippen LogP contribution < -0.4 is 11.1 Å². The van der Waals surface area contributed by atoms with Crippen LogP contribution in [0.4, 0.5) is 10.5 Å². The number of nitrogens with two attached hydrogens (primary N) is 1. The highest BCUT2D eigenvalue weighted by molar-refractivity contribution is 6.30. The summed E-state index contributed by atoms with van der Waals surface area (Å²) in [6.07, 6.45) is 5.50. The van der Waals surface area contributed by atoms with Gasteiger partial charge in [-0.05, 0) is 49.4 Å². The summed E-state index contributed by atoms with van der Waals surface area (Å²) < 4.78 is 0. The summed E-state index contributed by atoms with van der Waals surface area (Å²) in [6.45, 7) is 5.40. The average Bonchev–Trinajstić information content (AvgIpc) is 2.95. The minimum Gasteiger partial charge on any atom is -0.385 e. The molecule has 218 valence electrons. The molecule has 0 bridgehead atoms. The number of primary amides is 1. The van der Waals surface area contributed by atoms with Gasteiger partial charge in [0.1, 0.15) is 0 Å². The van der Waals surface area contributed by atoms with Crippen LogP contribution in [0, 0.1) is 16.0 Å². The molecule has 2 unspecified atom stereocenters. The van der Waals surface area contributed by atoms with E-state index in [4.69, 9.17) is 17.3 Å². The quantitative estimate of drug-likeness (QED) is 0.291. The van der Waals surface area contributed by atoms with Gasteiger partial charge in [-0.2, -0.15) is 0 Å². The van der Waals surface area contributed by atoms with E-state index in [1.54, 1.807) is 29.2 Å². The number of benzene rings is 2. The number of carbonyl (C=O) groups is 2. The van der Waals surface area contributed by atoms with Crippen molar-refractivity contribution in [2.24, 2.45) is 11.7 Å². The molecule has 0 radical (unpaired) electrons. The molecule has 0 saturated carbocycles. The first-order chi connectivity index (χ1) is 19.5. The summed E-state index contributed by atoms with van der Waals surface area (Å²) in [5, 5.41) is 25.6. The third-order valence-electron chi connectivity index (χ3n) is 7.93. The Morgan fingerprint density at radius 3 is 2.34 bits per heavy atom. The Labute approximate surface area is 244 Å². The number of urea groups is 1. The van der Waals surface area contributed by atoms with Crippen LogP contribution in [0.5, 0.6) is 0 Å². The van der Waals surface area contributed by atoms with Crippen LogP contribution in [-0.2, 0) is 10.4 Å². The van der Waals surface area contributed by atoms with E-state index in [0.29, 0.717) is 43.9 Å². The highest BCUT2D eigenvalue weighted by atomic mass is 35.5. The molecule has 10 nitrogen and oxygen atoms in total. The highest BCUT2D eigenvalue weighted by Gasteiger charge is 2.35. The predicted molar refractivity (Wildman–Crippen MR) is 157 cm³/mol. The van der Waals surface area contributed by atoms with Gasteiger partial charge < -0.3 is 21.1 Å². The van der Waals surface area contributed by atoms with Crippen LogP contribution >= 0.6 is 11.6 Å². The second-order valence-electron chi connectivity index (χ2n) is 10.7. The van der Waals surface area contributed by atoms with Crippen LogP contribution in [0.15, 0.2) is 72.1 Å². The van der Waals surface area contributed by atoms with Crippen LogP contribution in [0.1, 0.15) is 50.2 Å². The number of aliphatic hydroxyl groups is 1. The number of likely N-dealkylation sites (tertiary alicyclic amines) is 1. The van der Waals surface area contributed by atoms with Crippen LogP contribution in [0.3, 0.4) is 0 Å². The van der Waals surface area contributed by atoms with Crippen molar-refractivity contribution in [2.45, 2.75) is 44.6 Å². The van der Waals surface area contributed by atoms with Gasteiger partial charge in [0.2, 0.25) is 5.91 Å². The monoisotopic (exact) mass is 581 g/mol. The summed E-state index contributed by atoms with van der Waals surface area (Å²) >= 11 is 5.99. The van der Waals surface area contributed by atoms with Crippen LogP contribution in [0.25, 0.3) is 0 Å². The van der Waals surface area contributed by atoms with Gasteiger partial charge in [-0.1, -0.05) is 54.9 Å². The number of amides is 3. The van der Waals surface area contributed by atoms with E-state index in [9.17, 15) is 24.8 Å². The van der Waals surface area contributed by atoms with E-state index in [0.717, 1.165) is 22.5 Å². The molecule has 2 aliphatic heterocycles. The molecule has 2 aromatic carbocycles. The van der Waals surface area contributed by atoms with E-state index in [-0.39, 0.29) is 24.2 Å². The summed E-state index contributed by atoms with van der Waals surface area (Å²) in [7, 11) is 0. The molecular formula is C30H36ClN5O5. The lowest BCUT2D eigenvalue weighted by Gasteiger charge is -2.39. The van der Waals surface area contributed by atoms with Gasteiger partial charge in [0.25, 0.3) is 5.69 Å². The lowest BCUT2D eigenvalue weighted by molar-refractivity contribution is -0.384. The molecular weight excluding hydrogens is 546 g/mol. The summed E-state index contributed by atoms with van der Waals surface area (Å²) in [6, 6.07) is 13.2. The number of rotatable bonds is 9. The fourth-order valence-corrected chi connectivity index (χ4v) is 5.60. The van der Waals surface area contributed by atoms with Crippen LogP contribution in [-0.4, -0.2) is 57.9 Å². The van der Waals surface area contributed by atoms with Gasteiger partial charge in [-0.3, -0.25) is 19.8 Å². The Morgan fingerprint density at radius 2 is 1.78 bits per heavy atom. The first kappa shape index (κ1) is 30.2. The first-order valence-electron chi connectivity index (χ1n) is 13.7. The van der Waals surface area contributed by atoms with E-state index in [2.05, 4.69) is 10.2 Å².